The van der Waals surface area contributed by atoms with E-state index in [1.54, 1.807) is 6.20 Å². The van der Waals surface area contributed by atoms with Gasteiger partial charge in [0.2, 0.25) is 0 Å². The lowest BCUT2D eigenvalue weighted by molar-refractivity contribution is 0.656. The Morgan fingerprint density at radius 1 is 1.50 bits per heavy atom. The molecule has 16 heavy (non-hydrogen) atoms. The van der Waals surface area contributed by atoms with Gasteiger partial charge < -0.3 is 10.3 Å². The fourth-order valence-electron chi connectivity index (χ4n) is 1.72. The minimum Gasteiger partial charge on any atom is -0.334 e. The molecule has 0 radical (unpaired) electrons. The van der Waals surface area contributed by atoms with E-state index in [4.69, 9.17) is 5.73 Å². The zero-order valence-corrected chi connectivity index (χ0v) is 11.3. The maximum absolute atomic E-state index is 6.22. The van der Waals surface area contributed by atoms with Crippen molar-refractivity contribution in [2.75, 3.05) is 0 Å². The van der Waals surface area contributed by atoms with Crippen molar-refractivity contribution in [2.24, 2.45) is 5.73 Å². The van der Waals surface area contributed by atoms with Gasteiger partial charge >= 0.3 is 0 Å². The third-order valence-electron chi connectivity index (χ3n) is 2.57. The molecule has 2 rings (SSSR count). The zero-order chi connectivity index (χ0) is 11.5. The van der Waals surface area contributed by atoms with Crippen molar-refractivity contribution in [1.29, 1.82) is 0 Å². The van der Waals surface area contributed by atoms with Crippen LogP contribution in [0.5, 0.6) is 0 Å². The molecule has 1 aromatic carbocycles. The molecule has 2 N–H and O–H groups in total. The van der Waals surface area contributed by atoms with E-state index in [9.17, 15) is 0 Å². The summed E-state index contributed by atoms with van der Waals surface area (Å²) in [4.78, 5) is 4.33. The number of hydrogen-bond acceptors (Lipinski definition) is 2. The monoisotopic (exact) mass is 327 g/mol. The number of aromatic nitrogens is 2. The molecular weight excluding hydrogens is 313 g/mol. The van der Waals surface area contributed by atoms with E-state index >= 15 is 0 Å². The lowest BCUT2D eigenvalue weighted by Gasteiger charge is -2.13. The molecule has 2 aromatic rings. The van der Waals surface area contributed by atoms with E-state index in [1.165, 1.54) is 3.57 Å². The second-order valence-corrected chi connectivity index (χ2v) is 4.85. The summed E-state index contributed by atoms with van der Waals surface area (Å²) >= 11 is 2.29. The molecule has 0 aliphatic rings. The predicted molar refractivity (Wildman–Crippen MR) is 73.1 cm³/mol. The Hall–Kier alpha value is -0.880. The summed E-state index contributed by atoms with van der Waals surface area (Å²) in [5.41, 5.74) is 7.32. The Labute approximate surface area is 109 Å². The van der Waals surface area contributed by atoms with Gasteiger partial charge in [0.15, 0.2) is 0 Å². The molecule has 0 amide bonds. The van der Waals surface area contributed by atoms with Crippen LogP contribution in [0.1, 0.15) is 24.4 Å². The van der Waals surface area contributed by atoms with Crippen LogP contribution >= 0.6 is 22.6 Å². The van der Waals surface area contributed by atoms with Crippen molar-refractivity contribution in [3.8, 4) is 0 Å². The smallest absolute Gasteiger partial charge is 0.130 e. The predicted octanol–water partition coefficient (Wildman–Crippen LogP) is 2.56. The summed E-state index contributed by atoms with van der Waals surface area (Å²) in [6.07, 6.45) is 3.76. The second kappa shape index (κ2) is 4.97. The normalized spacial score (nSPS) is 12.7. The minimum atomic E-state index is -0.148. The summed E-state index contributed by atoms with van der Waals surface area (Å²) in [6.45, 7) is 2.99. The Bertz CT molecular complexity index is 479. The molecule has 0 aliphatic heterocycles. The minimum absolute atomic E-state index is 0.148. The molecule has 0 saturated heterocycles. The van der Waals surface area contributed by atoms with Gasteiger partial charge in [-0.1, -0.05) is 12.1 Å². The number of rotatable bonds is 3. The molecular formula is C12H14IN3. The average Bonchev–Trinajstić information content (AvgIpc) is 2.76. The first kappa shape index (κ1) is 11.6. The molecule has 0 saturated carbocycles. The topological polar surface area (TPSA) is 43.8 Å². The zero-order valence-electron chi connectivity index (χ0n) is 9.10. The van der Waals surface area contributed by atoms with Gasteiger partial charge in [0.25, 0.3) is 0 Å². The van der Waals surface area contributed by atoms with E-state index in [-0.39, 0.29) is 6.04 Å². The van der Waals surface area contributed by atoms with Crippen LogP contribution in [0.4, 0.5) is 0 Å². The number of aryl methyl sites for hydroxylation is 1. The SMILES string of the molecule is CCn1ccnc1C(N)c1cccc(I)c1. The molecule has 0 aliphatic carbocycles. The summed E-state index contributed by atoms with van der Waals surface area (Å²) in [6, 6.07) is 8.07. The average molecular weight is 327 g/mol. The highest BCUT2D eigenvalue weighted by atomic mass is 127. The van der Waals surface area contributed by atoms with Crippen LogP contribution < -0.4 is 5.73 Å². The largest absolute Gasteiger partial charge is 0.334 e. The van der Waals surface area contributed by atoms with Crippen LogP contribution in [0.25, 0.3) is 0 Å². The highest BCUT2D eigenvalue weighted by Gasteiger charge is 2.13. The molecule has 3 nitrogen and oxygen atoms in total. The first-order valence-corrected chi connectivity index (χ1v) is 6.32. The molecule has 1 heterocycles. The van der Waals surface area contributed by atoms with Gasteiger partial charge in [-0.25, -0.2) is 4.98 Å². The van der Waals surface area contributed by atoms with E-state index in [0.29, 0.717) is 0 Å². The first-order chi connectivity index (χ1) is 7.72. The first-order valence-electron chi connectivity index (χ1n) is 5.24. The number of hydrogen-bond donors (Lipinski definition) is 1. The van der Waals surface area contributed by atoms with E-state index in [1.807, 2.05) is 18.3 Å². The van der Waals surface area contributed by atoms with Crippen molar-refractivity contribution >= 4 is 22.6 Å². The molecule has 1 unspecified atom stereocenters. The number of nitrogens with two attached hydrogens (primary N) is 1. The Morgan fingerprint density at radius 3 is 3.00 bits per heavy atom. The lowest BCUT2D eigenvalue weighted by atomic mass is 10.1. The van der Waals surface area contributed by atoms with Gasteiger partial charge in [0, 0.05) is 22.5 Å². The van der Waals surface area contributed by atoms with Crippen molar-refractivity contribution in [1.82, 2.24) is 9.55 Å². The number of imidazole rings is 1. The summed E-state index contributed by atoms with van der Waals surface area (Å²) < 4.78 is 3.27. The van der Waals surface area contributed by atoms with Crippen molar-refractivity contribution < 1.29 is 0 Å². The van der Waals surface area contributed by atoms with Crippen LogP contribution in [-0.2, 0) is 6.54 Å². The number of nitrogens with zero attached hydrogens (tertiary/aromatic N) is 2. The third kappa shape index (κ3) is 2.27. The van der Waals surface area contributed by atoms with Crippen molar-refractivity contribution in [3.63, 3.8) is 0 Å². The van der Waals surface area contributed by atoms with E-state index < -0.39 is 0 Å². The molecule has 0 spiro atoms. The quantitative estimate of drug-likeness (QED) is 0.881. The van der Waals surface area contributed by atoms with Gasteiger partial charge in [0.1, 0.15) is 5.82 Å². The maximum atomic E-state index is 6.22. The highest BCUT2D eigenvalue weighted by molar-refractivity contribution is 14.1. The summed E-state index contributed by atoms with van der Waals surface area (Å²) in [7, 11) is 0. The Morgan fingerprint density at radius 2 is 2.31 bits per heavy atom. The molecule has 0 fully saturated rings. The van der Waals surface area contributed by atoms with Crippen LogP contribution in [-0.4, -0.2) is 9.55 Å². The number of benzene rings is 1. The Balaban J connectivity index is 2.35. The summed E-state index contributed by atoms with van der Waals surface area (Å²) in [5.74, 6) is 0.921. The molecule has 0 bridgehead atoms. The van der Waals surface area contributed by atoms with Crippen LogP contribution in [0, 0.1) is 3.57 Å². The molecule has 1 atom stereocenters. The molecule has 4 heteroatoms. The third-order valence-corrected chi connectivity index (χ3v) is 3.25. The highest BCUT2D eigenvalue weighted by Crippen LogP contribution is 2.19. The fourth-order valence-corrected chi connectivity index (χ4v) is 2.28. The standard InChI is InChI=1S/C12H14IN3/c1-2-16-7-6-15-12(16)11(14)9-4-3-5-10(13)8-9/h3-8,11H,2,14H2,1H3. The van der Waals surface area contributed by atoms with Gasteiger partial charge in [-0.3, -0.25) is 0 Å². The lowest BCUT2D eigenvalue weighted by Crippen LogP contribution is -2.17. The van der Waals surface area contributed by atoms with E-state index in [2.05, 4.69) is 51.2 Å². The van der Waals surface area contributed by atoms with Gasteiger partial charge in [-0.2, -0.15) is 0 Å². The van der Waals surface area contributed by atoms with Crippen LogP contribution in [0.3, 0.4) is 0 Å². The summed E-state index contributed by atoms with van der Waals surface area (Å²) in [5, 5.41) is 0. The van der Waals surface area contributed by atoms with Gasteiger partial charge in [-0.15, -0.1) is 0 Å². The van der Waals surface area contributed by atoms with Gasteiger partial charge in [-0.05, 0) is 47.2 Å². The molecule has 84 valence electrons. The number of halogens is 1. The van der Waals surface area contributed by atoms with Gasteiger partial charge in [0.05, 0.1) is 6.04 Å². The van der Waals surface area contributed by atoms with Crippen LogP contribution in [0.15, 0.2) is 36.7 Å². The van der Waals surface area contributed by atoms with E-state index in [0.717, 1.165) is 17.9 Å². The van der Waals surface area contributed by atoms with Crippen molar-refractivity contribution in [3.05, 3.63) is 51.6 Å². The molecule has 1 aromatic heterocycles. The van der Waals surface area contributed by atoms with Crippen LogP contribution in [0.2, 0.25) is 0 Å². The fraction of sp³-hybridized carbons (Fsp3) is 0.250. The Kier molecular flexibility index (Phi) is 3.60. The maximum Gasteiger partial charge on any atom is 0.130 e. The second-order valence-electron chi connectivity index (χ2n) is 3.60. The van der Waals surface area contributed by atoms with Crippen molar-refractivity contribution in [2.45, 2.75) is 19.5 Å².